The highest BCUT2D eigenvalue weighted by Gasteiger charge is 2.12. The zero-order valence-corrected chi connectivity index (χ0v) is 11.1. The van der Waals surface area contributed by atoms with Crippen molar-refractivity contribution in [1.82, 2.24) is 0 Å². The lowest BCUT2D eigenvalue weighted by Gasteiger charge is -2.12. The van der Waals surface area contributed by atoms with Gasteiger partial charge in [-0.05, 0) is 38.0 Å². The van der Waals surface area contributed by atoms with Gasteiger partial charge < -0.3 is 14.6 Å². The molecule has 0 saturated carbocycles. The number of carboxylic acids is 1. The number of aliphatic carboxylic acids is 1. The van der Waals surface area contributed by atoms with E-state index in [4.69, 9.17) is 14.6 Å². The van der Waals surface area contributed by atoms with E-state index >= 15 is 0 Å². The first-order valence-corrected chi connectivity index (χ1v) is 6.23. The second-order valence-corrected chi connectivity index (χ2v) is 3.88. The number of benzene rings is 1. The topological polar surface area (TPSA) is 72.8 Å². The Kier molecular flexibility index (Phi) is 5.85. The van der Waals surface area contributed by atoms with E-state index in [-0.39, 0.29) is 6.42 Å². The number of ether oxygens (including phenoxy) is 2. The zero-order valence-electron chi connectivity index (χ0n) is 11.1. The van der Waals surface area contributed by atoms with Gasteiger partial charge in [0.2, 0.25) is 5.78 Å². The Bertz CT molecular complexity index is 453. The molecule has 0 saturated heterocycles. The fraction of sp³-hybridized carbons (Fsp3) is 0.429. The number of carboxylic acid groups (broad SMARTS) is 1. The molecule has 0 radical (unpaired) electrons. The summed E-state index contributed by atoms with van der Waals surface area (Å²) in [6.07, 6.45) is 0.354. The molecule has 0 bridgehead atoms. The van der Waals surface area contributed by atoms with E-state index in [0.29, 0.717) is 31.1 Å². The average molecular weight is 266 g/mol. The van der Waals surface area contributed by atoms with Gasteiger partial charge in [-0.3, -0.25) is 4.79 Å². The zero-order chi connectivity index (χ0) is 14.3. The summed E-state index contributed by atoms with van der Waals surface area (Å²) in [4.78, 5) is 21.5. The lowest BCUT2D eigenvalue weighted by Crippen LogP contribution is -2.13. The molecule has 0 aliphatic heterocycles. The molecule has 0 amide bonds. The van der Waals surface area contributed by atoms with Crippen molar-refractivity contribution < 1.29 is 24.2 Å². The Balaban J connectivity index is 2.77. The fourth-order valence-corrected chi connectivity index (χ4v) is 1.62. The second kappa shape index (κ2) is 7.41. The molecule has 1 aromatic rings. The Morgan fingerprint density at radius 3 is 2.32 bits per heavy atom. The van der Waals surface area contributed by atoms with Crippen molar-refractivity contribution in [3.8, 4) is 11.5 Å². The van der Waals surface area contributed by atoms with E-state index in [1.807, 2.05) is 19.9 Å². The molecule has 0 aliphatic rings. The first-order valence-electron chi connectivity index (χ1n) is 6.23. The lowest BCUT2D eigenvalue weighted by atomic mass is 10.1. The molecule has 5 nitrogen and oxygen atoms in total. The van der Waals surface area contributed by atoms with Crippen molar-refractivity contribution >= 4 is 11.8 Å². The van der Waals surface area contributed by atoms with Crippen LogP contribution in [0.1, 0.15) is 25.8 Å². The van der Waals surface area contributed by atoms with Gasteiger partial charge in [-0.25, -0.2) is 4.79 Å². The van der Waals surface area contributed by atoms with E-state index in [0.717, 1.165) is 5.56 Å². The van der Waals surface area contributed by atoms with Crippen LogP contribution in [0.4, 0.5) is 0 Å². The van der Waals surface area contributed by atoms with Crippen molar-refractivity contribution in [2.75, 3.05) is 13.2 Å². The van der Waals surface area contributed by atoms with Crippen LogP contribution in [0, 0.1) is 0 Å². The molecule has 19 heavy (non-hydrogen) atoms. The molecule has 1 aromatic carbocycles. The minimum Gasteiger partial charge on any atom is -0.490 e. The average Bonchev–Trinajstić information content (AvgIpc) is 2.39. The van der Waals surface area contributed by atoms with E-state index in [9.17, 15) is 9.59 Å². The number of carbonyl (C=O) groups excluding carboxylic acids is 1. The Hall–Kier alpha value is -2.04. The van der Waals surface area contributed by atoms with E-state index in [2.05, 4.69) is 0 Å². The van der Waals surface area contributed by atoms with Gasteiger partial charge in [-0.2, -0.15) is 0 Å². The third-order valence-electron chi connectivity index (χ3n) is 2.49. The van der Waals surface area contributed by atoms with Gasteiger partial charge in [0, 0.05) is 6.42 Å². The number of rotatable bonds is 8. The third-order valence-corrected chi connectivity index (χ3v) is 2.49. The molecule has 1 N–H and O–H groups in total. The molecule has 0 aliphatic carbocycles. The summed E-state index contributed by atoms with van der Waals surface area (Å²) in [5.74, 6) is -0.912. The summed E-state index contributed by atoms with van der Waals surface area (Å²) in [6.45, 7) is 4.81. The molecule has 0 aromatic heterocycles. The van der Waals surface area contributed by atoms with Gasteiger partial charge in [0.05, 0.1) is 13.2 Å². The summed E-state index contributed by atoms with van der Waals surface area (Å²) < 4.78 is 10.9. The maximum absolute atomic E-state index is 11.0. The normalized spacial score (nSPS) is 10.0. The van der Waals surface area contributed by atoms with Gasteiger partial charge in [-0.15, -0.1) is 0 Å². The van der Waals surface area contributed by atoms with Crippen molar-refractivity contribution in [3.63, 3.8) is 0 Å². The van der Waals surface area contributed by atoms with Crippen LogP contribution in [0.2, 0.25) is 0 Å². The van der Waals surface area contributed by atoms with Crippen LogP contribution in [0.25, 0.3) is 0 Å². The van der Waals surface area contributed by atoms with Crippen molar-refractivity contribution in [1.29, 1.82) is 0 Å². The first-order chi connectivity index (χ1) is 9.08. The number of hydrogen-bond donors (Lipinski definition) is 1. The molecule has 0 heterocycles. The second-order valence-electron chi connectivity index (χ2n) is 3.88. The van der Waals surface area contributed by atoms with E-state index in [1.165, 1.54) is 0 Å². The molecular weight excluding hydrogens is 248 g/mol. The molecule has 104 valence electrons. The molecule has 0 atom stereocenters. The van der Waals surface area contributed by atoms with E-state index < -0.39 is 11.8 Å². The van der Waals surface area contributed by atoms with Crippen LogP contribution in [0.15, 0.2) is 18.2 Å². The summed E-state index contributed by atoms with van der Waals surface area (Å²) in [5, 5.41) is 8.52. The Morgan fingerprint density at radius 1 is 1.11 bits per heavy atom. The quantitative estimate of drug-likeness (QED) is 0.729. The number of ketones is 1. The molecule has 5 heteroatoms. The number of hydrogen-bond acceptors (Lipinski definition) is 4. The number of carbonyl (C=O) groups is 2. The summed E-state index contributed by atoms with van der Waals surface area (Å²) in [7, 11) is 0. The number of aryl methyl sites for hydroxylation is 1. The van der Waals surface area contributed by atoms with Gasteiger partial charge in [-0.1, -0.05) is 6.07 Å². The van der Waals surface area contributed by atoms with Crippen LogP contribution in [0.3, 0.4) is 0 Å². The van der Waals surface area contributed by atoms with E-state index in [1.54, 1.807) is 12.1 Å². The van der Waals surface area contributed by atoms with Crippen molar-refractivity contribution in [2.45, 2.75) is 26.7 Å². The largest absolute Gasteiger partial charge is 0.490 e. The van der Waals surface area contributed by atoms with Crippen LogP contribution < -0.4 is 9.47 Å². The van der Waals surface area contributed by atoms with Crippen LogP contribution in [0.5, 0.6) is 11.5 Å². The summed E-state index contributed by atoms with van der Waals surface area (Å²) in [5.41, 5.74) is 0.849. The maximum atomic E-state index is 11.0. The summed E-state index contributed by atoms with van der Waals surface area (Å²) >= 11 is 0. The first kappa shape index (κ1) is 15.0. The highest BCUT2D eigenvalue weighted by atomic mass is 16.5. The molecule has 0 fully saturated rings. The highest BCUT2D eigenvalue weighted by Crippen LogP contribution is 2.28. The predicted octanol–water partition coefficient (Wildman–Crippen LogP) is 2.07. The third kappa shape index (κ3) is 4.62. The number of Topliss-reactive ketones (excluding diaryl/α,β-unsaturated/α-hetero) is 1. The smallest absolute Gasteiger partial charge is 0.372 e. The van der Waals surface area contributed by atoms with Crippen molar-refractivity contribution in [3.05, 3.63) is 23.8 Å². The predicted molar refractivity (Wildman–Crippen MR) is 69.7 cm³/mol. The summed E-state index contributed by atoms with van der Waals surface area (Å²) in [6, 6.07) is 5.36. The minimum absolute atomic E-state index is 0.0190. The SMILES string of the molecule is CCOc1ccc(CCC(=O)C(=O)O)cc1OCC. The molecule has 0 unspecified atom stereocenters. The van der Waals surface area contributed by atoms with Crippen LogP contribution >= 0.6 is 0 Å². The van der Waals surface area contributed by atoms with Crippen LogP contribution in [-0.4, -0.2) is 30.1 Å². The fourth-order valence-electron chi connectivity index (χ4n) is 1.62. The molecular formula is C14H18O5. The maximum Gasteiger partial charge on any atom is 0.372 e. The van der Waals surface area contributed by atoms with Gasteiger partial charge in [0.25, 0.3) is 0 Å². The molecule has 0 spiro atoms. The van der Waals surface area contributed by atoms with Crippen molar-refractivity contribution in [2.24, 2.45) is 0 Å². The highest BCUT2D eigenvalue weighted by molar-refractivity contribution is 6.32. The van der Waals surface area contributed by atoms with Gasteiger partial charge in [0.1, 0.15) is 0 Å². The minimum atomic E-state index is -1.39. The Morgan fingerprint density at radius 2 is 1.74 bits per heavy atom. The lowest BCUT2D eigenvalue weighted by molar-refractivity contribution is -0.149. The standard InChI is InChI=1S/C14H18O5/c1-3-18-12-8-6-10(9-13(12)19-4-2)5-7-11(15)14(16)17/h6,8-9H,3-5,7H2,1-2H3,(H,16,17). The monoisotopic (exact) mass is 266 g/mol. The van der Waals surface area contributed by atoms with Gasteiger partial charge in [0.15, 0.2) is 11.5 Å². The van der Waals surface area contributed by atoms with Gasteiger partial charge >= 0.3 is 5.97 Å². The van der Waals surface area contributed by atoms with Crippen LogP contribution in [-0.2, 0) is 16.0 Å². The molecule has 1 rings (SSSR count). The Labute approximate surface area is 112 Å².